The summed E-state index contributed by atoms with van der Waals surface area (Å²) in [5.41, 5.74) is 3.14. The monoisotopic (exact) mass is 457 g/mol. The van der Waals surface area contributed by atoms with Crippen LogP contribution in [0.3, 0.4) is 0 Å². The first kappa shape index (κ1) is 23.2. The number of para-hydroxylation sites is 1. The Bertz CT molecular complexity index is 983. The molecule has 7 heteroatoms. The van der Waals surface area contributed by atoms with Crippen LogP contribution < -0.4 is 14.2 Å². The molecule has 5 nitrogen and oxygen atoms in total. The largest absolute Gasteiger partial charge is 0.493 e. The minimum atomic E-state index is -0.0758. The third-order valence-corrected chi connectivity index (χ3v) is 6.08. The van der Waals surface area contributed by atoms with Crippen LogP contribution in [0.5, 0.6) is 17.2 Å². The summed E-state index contributed by atoms with van der Waals surface area (Å²) in [5.74, 6) is 2.02. The number of hydrogen-bond acceptors (Lipinski definition) is 6. The summed E-state index contributed by atoms with van der Waals surface area (Å²) >= 11 is 6.61. The summed E-state index contributed by atoms with van der Waals surface area (Å²) in [6.07, 6.45) is 2.53. The summed E-state index contributed by atoms with van der Waals surface area (Å²) in [7, 11) is 1.60. The van der Waals surface area contributed by atoms with E-state index >= 15 is 0 Å². The quantitative estimate of drug-likeness (QED) is 0.286. The standard InChI is InChI=1S/C24H27NO4S2/c1-5-25-23(26)21(31-24(25)30)15-18-8-6-9-20(27-4)22(18)29-11-7-10-28-19-13-16(2)12-17(3)14-19/h6,8-9,12-15H,5,7,10-11H2,1-4H3. The van der Waals surface area contributed by atoms with Crippen LogP contribution in [0.25, 0.3) is 6.08 Å². The highest BCUT2D eigenvalue weighted by molar-refractivity contribution is 8.26. The number of aryl methyl sites for hydroxylation is 2. The van der Waals surface area contributed by atoms with Crippen LogP contribution in [0.1, 0.15) is 30.0 Å². The van der Waals surface area contributed by atoms with E-state index in [0.717, 1.165) is 11.3 Å². The van der Waals surface area contributed by atoms with Gasteiger partial charge in [0.05, 0.1) is 25.2 Å². The Labute approximate surface area is 193 Å². The Morgan fingerprint density at radius 3 is 2.45 bits per heavy atom. The van der Waals surface area contributed by atoms with Crippen molar-refractivity contribution in [3.8, 4) is 17.2 Å². The van der Waals surface area contributed by atoms with Crippen LogP contribution in [-0.2, 0) is 4.79 Å². The lowest BCUT2D eigenvalue weighted by Crippen LogP contribution is -2.27. The van der Waals surface area contributed by atoms with E-state index in [1.807, 2.05) is 43.3 Å². The predicted molar refractivity (Wildman–Crippen MR) is 130 cm³/mol. The lowest BCUT2D eigenvalue weighted by atomic mass is 10.1. The smallest absolute Gasteiger partial charge is 0.266 e. The maximum atomic E-state index is 12.6. The molecule has 1 fully saturated rings. The van der Waals surface area contributed by atoms with Crippen molar-refractivity contribution in [3.05, 3.63) is 58.0 Å². The van der Waals surface area contributed by atoms with Crippen LogP contribution in [-0.4, -0.2) is 42.0 Å². The molecule has 1 aliphatic heterocycles. The van der Waals surface area contributed by atoms with E-state index in [9.17, 15) is 4.79 Å². The fourth-order valence-electron chi connectivity index (χ4n) is 3.31. The minimum Gasteiger partial charge on any atom is -0.493 e. The van der Waals surface area contributed by atoms with Gasteiger partial charge in [0.25, 0.3) is 5.91 Å². The van der Waals surface area contributed by atoms with Gasteiger partial charge in [-0.3, -0.25) is 9.69 Å². The van der Waals surface area contributed by atoms with Gasteiger partial charge >= 0.3 is 0 Å². The summed E-state index contributed by atoms with van der Waals surface area (Å²) in [5, 5.41) is 0. The first-order valence-electron chi connectivity index (χ1n) is 10.2. The number of hydrogen-bond donors (Lipinski definition) is 0. The number of carbonyl (C=O) groups excluding carboxylic acids is 1. The maximum Gasteiger partial charge on any atom is 0.266 e. The van der Waals surface area contributed by atoms with Gasteiger partial charge in [0.2, 0.25) is 0 Å². The third-order valence-electron chi connectivity index (χ3n) is 4.70. The summed E-state index contributed by atoms with van der Waals surface area (Å²) in [4.78, 5) is 14.7. The van der Waals surface area contributed by atoms with Gasteiger partial charge in [-0.25, -0.2) is 0 Å². The first-order chi connectivity index (χ1) is 14.9. The second-order valence-corrected chi connectivity index (χ2v) is 8.85. The number of benzene rings is 2. The fourth-order valence-corrected chi connectivity index (χ4v) is 4.69. The highest BCUT2D eigenvalue weighted by Crippen LogP contribution is 2.37. The SMILES string of the molecule is CCN1C(=O)C(=Cc2cccc(OC)c2OCCCOc2cc(C)cc(C)c2)SC1=S. The molecule has 2 aromatic rings. The molecule has 164 valence electrons. The van der Waals surface area contributed by atoms with Gasteiger partial charge in [-0.2, -0.15) is 0 Å². The van der Waals surface area contributed by atoms with E-state index in [4.69, 9.17) is 26.4 Å². The van der Waals surface area contributed by atoms with Gasteiger partial charge in [-0.15, -0.1) is 0 Å². The highest BCUT2D eigenvalue weighted by atomic mass is 32.2. The van der Waals surface area contributed by atoms with E-state index in [1.165, 1.54) is 22.9 Å². The molecule has 0 aromatic heterocycles. The Hall–Kier alpha value is -2.51. The Morgan fingerprint density at radius 2 is 1.81 bits per heavy atom. The van der Waals surface area contributed by atoms with Crippen molar-refractivity contribution >= 4 is 40.3 Å². The summed E-state index contributed by atoms with van der Waals surface area (Å²) < 4.78 is 18.0. The number of rotatable bonds is 9. The molecule has 1 amide bonds. The third kappa shape index (κ3) is 5.80. The lowest BCUT2D eigenvalue weighted by Gasteiger charge is -2.14. The number of thioether (sulfide) groups is 1. The molecule has 0 N–H and O–H groups in total. The predicted octanol–water partition coefficient (Wildman–Crippen LogP) is 5.38. The number of nitrogens with zero attached hydrogens (tertiary/aromatic N) is 1. The van der Waals surface area contributed by atoms with Gasteiger partial charge in [-0.05, 0) is 56.2 Å². The molecular formula is C24H27NO4S2. The molecule has 2 aromatic carbocycles. The van der Waals surface area contributed by atoms with Gasteiger partial charge < -0.3 is 14.2 Å². The van der Waals surface area contributed by atoms with Gasteiger partial charge in [0, 0.05) is 18.5 Å². The number of amides is 1. The van der Waals surface area contributed by atoms with Crippen LogP contribution in [0.2, 0.25) is 0 Å². The molecule has 0 bridgehead atoms. The zero-order valence-electron chi connectivity index (χ0n) is 18.3. The van der Waals surface area contributed by atoms with E-state index in [0.29, 0.717) is 46.9 Å². The maximum absolute atomic E-state index is 12.6. The Balaban J connectivity index is 1.66. The molecule has 3 rings (SSSR count). The number of thiocarbonyl (C=S) groups is 1. The average molecular weight is 458 g/mol. The Morgan fingerprint density at radius 1 is 1.10 bits per heavy atom. The van der Waals surface area contributed by atoms with Crippen molar-refractivity contribution in [1.29, 1.82) is 0 Å². The highest BCUT2D eigenvalue weighted by Gasteiger charge is 2.31. The molecule has 0 saturated carbocycles. The molecule has 1 heterocycles. The van der Waals surface area contributed by atoms with E-state index in [-0.39, 0.29) is 5.91 Å². The number of ether oxygens (including phenoxy) is 3. The van der Waals surface area contributed by atoms with Gasteiger partial charge in [0.15, 0.2) is 11.5 Å². The minimum absolute atomic E-state index is 0.0758. The fraction of sp³-hybridized carbons (Fsp3) is 0.333. The van der Waals surface area contributed by atoms with Crippen LogP contribution in [0.4, 0.5) is 0 Å². The molecule has 1 aliphatic rings. The normalized spacial score (nSPS) is 15.0. The van der Waals surface area contributed by atoms with Gasteiger partial charge in [-0.1, -0.05) is 42.2 Å². The number of likely N-dealkylation sites (N-methyl/N-ethyl adjacent to an activating group) is 1. The van der Waals surface area contributed by atoms with E-state index < -0.39 is 0 Å². The summed E-state index contributed by atoms with van der Waals surface area (Å²) in [6.45, 7) is 7.59. The second kappa shape index (κ2) is 10.7. The Kier molecular flexibility index (Phi) is 7.98. The van der Waals surface area contributed by atoms with Crippen molar-refractivity contribution in [3.63, 3.8) is 0 Å². The molecule has 31 heavy (non-hydrogen) atoms. The van der Waals surface area contributed by atoms with Crippen molar-refractivity contribution < 1.29 is 19.0 Å². The molecule has 0 spiro atoms. The zero-order chi connectivity index (χ0) is 22.4. The van der Waals surface area contributed by atoms with Crippen molar-refractivity contribution in [2.75, 3.05) is 26.9 Å². The second-order valence-electron chi connectivity index (χ2n) is 7.18. The molecular weight excluding hydrogens is 430 g/mol. The number of carbonyl (C=O) groups is 1. The van der Waals surface area contributed by atoms with Gasteiger partial charge in [0.1, 0.15) is 10.1 Å². The van der Waals surface area contributed by atoms with Crippen LogP contribution in [0, 0.1) is 13.8 Å². The first-order valence-corrected chi connectivity index (χ1v) is 11.4. The van der Waals surface area contributed by atoms with Crippen LogP contribution >= 0.6 is 24.0 Å². The zero-order valence-corrected chi connectivity index (χ0v) is 19.9. The molecule has 0 unspecified atom stereocenters. The van der Waals surface area contributed by atoms with Crippen molar-refractivity contribution in [2.45, 2.75) is 27.2 Å². The van der Waals surface area contributed by atoms with E-state index in [2.05, 4.69) is 19.9 Å². The molecule has 0 atom stereocenters. The number of methoxy groups -OCH3 is 1. The van der Waals surface area contributed by atoms with Crippen LogP contribution in [0.15, 0.2) is 41.3 Å². The molecule has 0 radical (unpaired) electrons. The van der Waals surface area contributed by atoms with E-state index in [1.54, 1.807) is 12.0 Å². The van der Waals surface area contributed by atoms with Crippen molar-refractivity contribution in [1.82, 2.24) is 4.90 Å². The molecule has 1 saturated heterocycles. The lowest BCUT2D eigenvalue weighted by molar-refractivity contribution is -0.121. The summed E-state index contributed by atoms with van der Waals surface area (Å²) in [6, 6.07) is 11.8. The van der Waals surface area contributed by atoms with Crippen molar-refractivity contribution in [2.24, 2.45) is 0 Å². The topological polar surface area (TPSA) is 48.0 Å². The molecule has 0 aliphatic carbocycles. The average Bonchev–Trinajstić information content (AvgIpc) is 3.00.